The Morgan fingerprint density at radius 3 is 2.41 bits per heavy atom. The summed E-state index contributed by atoms with van der Waals surface area (Å²) in [6, 6.07) is 18.5. The number of carbonyl (C=O) groups is 1. The van der Waals surface area contributed by atoms with Crippen LogP contribution < -0.4 is 5.32 Å². The third-order valence-electron chi connectivity index (χ3n) is 3.89. The van der Waals surface area contributed by atoms with Crippen molar-refractivity contribution in [3.05, 3.63) is 71.3 Å². The zero-order chi connectivity index (χ0) is 15.8. The normalized spacial score (nSPS) is 11.9. The standard InChI is InChI=1S/C20H25NO/c1-3-9-16(2)21-20(22)19-13-8-7-12-18(19)15-14-17-10-5-4-6-11-17/h4-8,10-13,16H,3,9,14-15H2,1-2H3,(H,21,22)/t16-/m1/s1. The Balaban J connectivity index is 2.04. The maximum Gasteiger partial charge on any atom is 0.251 e. The van der Waals surface area contributed by atoms with Crippen molar-refractivity contribution < 1.29 is 4.79 Å². The van der Waals surface area contributed by atoms with Crippen molar-refractivity contribution in [2.45, 2.75) is 45.6 Å². The second-order valence-electron chi connectivity index (χ2n) is 5.81. The smallest absolute Gasteiger partial charge is 0.251 e. The number of carbonyl (C=O) groups excluding carboxylic acids is 1. The lowest BCUT2D eigenvalue weighted by Crippen LogP contribution is -2.33. The van der Waals surface area contributed by atoms with E-state index in [9.17, 15) is 4.79 Å². The second-order valence-corrected chi connectivity index (χ2v) is 5.81. The summed E-state index contributed by atoms with van der Waals surface area (Å²) in [5.41, 5.74) is 3.23. The van der Waals surface area contributed by atoms with Crippen LogP contribution in [0.15, 0.2) is 54.6 Å². The van der Waals surface area contributed by atoms with Crippen molar-refractivity contribution in [2.75, 3.05) is 0 Å². The van der Waals surface area contributed by atoms with Gasteiger partial charge in [-0.25, -0.2) is 0 Å². The average Bonchev–Trinajstić information content (AvgIpc) is 2.54. The Kier molecular flexibility index (Phi) is 6.20. The number of nitrogens with one attached hydrogen (secondary N) is 1. The van der Waals surface area contributed by atoms with E-state index in [0.717, 1.165) is 36.8 Å². The molecule has 116 valence electrons. The van der Waals surface area contributed by atoms with Crippen LogP contribution in [-0.4, -0.2) is 11.9 Å². The van der Waals surface area contributed by atoms with Crippen LogP contribution in [0.1, 0.15) is 48.2 Å². The van der Waals surface area contributed by atoms with Gasteiger partial charge in [-0.2, -0.15) is 0 Å². The van der Waals surface area contributed by atoms with E-state index < -0.39 is 0 Å². The highest BCUT2D eigenvalue weighted by molar-refractivity contribution is 5.95. The lowest BCUT2D eigenvalue weighted by Gasteiger charge is -2.15. The zero-order valence-electron chi connectivity index (χ0n) is 13.5. The molecule has 0 saturated heterocycles. The molecule has 2 aromatic carbocycles. The van der Waals surface area contributed by atoms with Crippen molar-refractivity contribution in [1.82, 2.24) is 5.32 Å². The topological polar surface area (TPSA) is 29.1 Å². The number of hydrogen-bond acceptors (Lipinski definition) is 1. The predicted molar refractivity (Wildman–Crippen MR) is 92.1 cm³/mol. The number of hydrogen-bond donors (Lipinski definition) is 1. The van der Waals surface area contributed by atoms with Crippen LogP contribution in [0, 0.1) is 0 Å². The summed E-state index contributed by atoms with van der Waals surface area (Å²) < 4.78 is 0. The molecule has 0 aromatic heterocycles. The van der Waals surface area contributed by atoms with Gasteiger partial charge in [-0.15, -0.1) is 0 Å². The third-order valence-corrected chi connectivity index (χ3v) is 3.89. The van der Waals surface area contributed by atoms with Crippen LogP contribution in [0.5, 0.6) is 0 Å². The Morgan fingerprint density at radius 2 is 1.68 bits per heavy atom. The number of aryl methyl sites for hydroxylation is 2. The first-order chi connectivity index (χ1) is 10.7. The van der Waals surface area contributed by atoms with E-state index in [1.807, 2.05) is 24.3 Å². The monoisotopic (exact) mass is 295 g/mol. The fourth-order valence-electron chi connectivity index (χ4n) is 2.69. The quantitative estimate of drug-likeness (QED) is 0.806. The molecule has 0 fully saturated rings. The molecule has 2 heteroatoms. The molecular formula is C20H25NO. The van der Waals surface area contributed by atoms with E-state index in [1.54, 1.807) is 0 Å². The Labute approximate surface area is 133 Å². The van der Waals surface area contributed by atoms with Gasteiger partial charge in [-0.05, 0) is 43.4 Å². The number of benzene rings is 2. The van der Waals surface area contributed by atoms with Gasteiger partial charge in [-0.1, -0.05) is 61.9 Å². The van der Waals surface area contributed by atoms with E-state index in [0.29, 0.717) is 0 Å². The van der Waals surface area contributed by atoms with E-state index >= 15 is 0 Å². The zero-order valence-corrected chi connectivity index (χ0v) is 13.5. The third kappa shape index (κ3) is 4.73. The van der Waals surface area contributed by atoms with Gasteiger partial charge >= 0.3 is 0 Å². The molecule has 0 aliphatic rings. The molecule has 1 atom stereocenters. The lowest BCUT2D eigenvalue weighted by atomic mass is 9.99. The summed E-state index contributed by atoms with van der Waals surface area (Å²) in [6.45, 7) is 4.20. The lowest BCUT2D eigenvalue weighted by molar-refractivity contribution is 0.0937. The molecule has 22 heavy (non-hydrogen) atoms. The van der Waals surface area contributed by atoms with Crippen molar-refractivity contribution in [2.24, 2.45) is 0 Å². The molecule has 0 saturated carbocycles. The number of rotatable bonds is 7. The fourth-order valence-corrected chi connectivity index (χ4v) is 2.69. The van der Waals surface area contributed by atoms with Gasteiger partial charge < -0.3 is 5.32 Å². The van der Waals surface area contributed by atoms with Crippen LogP contribution in [-0.2, 0) is 12.8 Å². The highest BCUT2D eigenvalue weighted by atomic mass is 16.1. The minimum Gasteiger partial charge on any atom is -0.350 e. The molecule has 0 aliphatic carbocycles. The second kappa shape index (κ2) is 8.38. The molecular weight excluding hydrogens is 270 g/mol. The first-order valence-electron chi connectivity index (χ1n) is 8.13. The average molecular weight is 295 g/mol. The maximum absolute atomic E-state index is 12.5. The molecule has 0 radical (unpaired) electrons. The van der Waals surface area contributed by atoms with Crippen LogP contribution in [0.25, 0.3) is 0 Å². The molecule has 2 rings (SSSR count). The number of amides is 1. The summed E-state index contributed by atoms with van der Waals surface area (Å²) in [5, 5.41) is 3.10. The van der Waals surface area contributed by atoms with E-state index in [1.165, 1.54) is 5.56 Å². The van der Waals surface area contributed by atoms with E-state index in [-0.39, 0.29) is 11.9 Å². The van der Waals surface area contributed by atoms with Crippen LogP contribution in [0.4, 0.5) is 0 Å². The van der Waals surface area contributed by atoms with Gasteiger partial charge in [0.2, 0.25) is 0 Å². The van der Waals surface area contributed by atoms with Gasteiger partial charge in [0, 0.05) is 11.6 Å². The van der Waals surface area contributed by atoms with E-state index in [4.69, 9.17) is 0 Å². The highest BCUT2D eigenvalue weighted by Gasteiger charge is 2.12. The van der Waals surface area contributed by atoms with Gasteiger partial charge in [0.1, 0.15) is 0 Å². The molecule has 1 amide bonds. The Hall–Kier alpha value is -2.09. The molecule has 0 unspecified atom stereocenters. The highest BCUT2D eigenvalue weighted by Crippen LogP contribution is 2.13. The van der Waals surface area contributed by atoms with Crippen LogP contribution in [0.3, 0.4) is 0 Å². The summed E-state index contributed by atoms with van der Waals surface area (Å²) in [7, 11) is 0. The Morgan fingerprint density at radius 1 is 1.00 bits per heavy atom. The van der Waals surface area contributed by atoms with Crippen LogP contribution >= 0.6 is 0 Å². The first-order valence-corrected chi connectivity index (χ1v) is 8.13. The largest absolute Gasteiger partial charge is 0.350 e. The van der Waals surface area contributed by atoms with Crippen molar-refractivity contribution in [3.8, 4) is 0 Å². The summed E-state index contributed by atoms with van der Waals surface area (Å²) >= 11 is 0. The van der Waals surface area contributed by atoms with E-state index in [2.05, 4.69) is 49.5 Å². The minimum atomic E-state index is 0.0459. The molecule has 2 aromatic rings. The predicted octanol–water partition coefficient (Wildman–Crippen LogP) is 4.39. The summed E-state index contributed by atoms with van der Waals surface area (Å²) in [6.07, 6.45) is 3.93. The molecule has 2 nitrogen and oxygen atoms in total. The summed E-state index contributed by atoms with van der Waals surface area (Å²) in [5.74, 6) is 0.0459. The molecule has 1 N–H and O–H groups in total. The maximum atomic E-state index is 12.5. The molecule has 0 bridgehead atoms. The van der Waals surface area contributed by atoms with Crippen molar-refractivity contribution in [1.29, 1.82) is 0 Å². The van der Waals surface area contributed by atoms with Crippen molar-refractivity contribution >= 4 is 5.91 Å². The molecule has 0 spiro atoms. The van der Waals surface area contributed by atoms with Gasteiger partial charge in [-0.3, -0.25) is 4.79 Å². The summed E-state index contributed by atoms with van der Waals surface area (Å²) in [4.78, 5) is 12.5. The Bertz CT molecular complexity index is 592. The fraction of sp³-hybridized carbons (Fsp3) is 0.350. The molecule has 0 aliphatic heterocycles. The molecule has 0 heterocycles. The van der Waals surface area contributed by atoms with Gasteiger partial charge in [0.15, 0.2) is 0 Å². The van der Waals surface area contributed by atoms with Crippen molar-refractivity contribution in [3.63, 3.8) is 0 Å². The van der Waals surface area contributed by atoms with Gasteiger partial charge in [0.05, 0.1) is 0 Å². The van der Waals surface area contributed by atoms with Crippen LogP contribution in [0.2, 0.25) is 0 Å². The minimum absolute atomic E-state index is 0.0459. The first kappa shape index (κ1) is 16.3. The van der Waals surface area contributed by atoms with Gasteiger partial charge in [0.25, 0.3) is 5.91 Å². The SMILES string of the molecule is CCC[C@@H](C)NC(=O)c1ccccc1CCc1ccccc1.